The van der Waals surface area contributed by atoms with Crippen LogP contribution in [0.5, 0.6) is 0 Å². The second kappa shape index (κ2) is 7.32. The van der Waals surface area contributed by atoms with Crippen molar-refractivity contribution in [1.29, 1.82) is 0 Å². The highest BCUT2D eigenvalue weighted by atomic mass is 35.5. The minimum Gasteiger partial charge on any atom is -0.345 e. The molecular formula is C17H24ClN3O2. The molecule has 1 aliphatic heterocycles. The average molecular weight is 338 g/mol. The molecule has 1 saturated carbocycles. The summed E-state index contributed by atoms with van der Waals surface area (Å²) in [5.74, 6) is 0.0348. The van der Waals surface area contributed by atoms with Gasteiger partial charge >= 0.3 is 0 Å². The summed E-state index contributed by atoms with van der Waals surface area (Å²) in [6.07, 6.45) is 5.58. The van der Waals surface area contributed by atoms with Gasteiger partial charge in [-0.25, -0.2) is 0 Å². The van der Waals surface area contributed by atoms with Crippen molar-refractivity contribution in [2.75, 3.05) is 18.0 Å². The van der Waals surface area contributed by atoms with E-state index in [1.54, 1.807) is 17.0 Å². The van der Waals surface area contributed by atoms with Crippen LogP contribution in [0.4, 0.5) is 5.69 Å². The number of hydrogen-bond donors (Lipinski definition) is 2. The van der Waals surface area contributed by atoms with Crippen LogP contribution in [0.2, 0.25) is 0 Å². The molecule has 3 N–H and O–H groups in total. The average Bonchev–Trinajstić information content (AvgIpc) is 3.17. The monoisotopic (exact) mass is 337 g/mol. The molecule has 6 heteroatoms. The van der Waals surface area contributed by atoms with E-state index in [1.807, 2.05) is 12.1 Å². The van der Waals surface area contributed by atoms with Crippen LogP contribution >= 0.6 is 12.4 Å². The Morgan fingerprint density at radius 3 is 2.61 bits per heavy atom. The number of nitrogens with two attached hydrogens (primary N) is 1. The predicted octanol–water partition coefficient (Wildman–Crippen LogP) is 2.24. The van der Waals surface area contributed by atoms with Gasteiger partial charge in [0.1, 0.15) is 0 Å². The lowest BCUT2D eigenvalue weighted by Gasteiger charge is -2.29. The van der Waals surface area contributed by atoms with Gasteiger partial charge in [0.25, 0.3) is 5.91 Å². The molecule has 126 valence electrons. The van der Waals surface area contributed by atoms with E-state index in [1.165, 1.54) is 0 Å². The van der Waals surface area contributed by atoms with Crippen molar-refractivity contribution in [2.45, 2.75) is 44.1 Å². The molecule has 5 nitrogen and oxygen atoms in total. The summed E-state index contributed by atoms with van der Waals surface area (Å²) in [6, 6.07) is 7.31. The molecule has 1 aromatic rings. The van der Waals surface area contributed by atoms with Gasteiger partial charge in [-0.2, -0.15) is 0 Å². The van der Waals surface area contributed by atoms with Crippen LogP contribution in [-0.2, 0) is 4.79 Å². The number of rotatable bonds is 4. The van der Waals surface area contributed by atoms with Gasteiger partial charge in [-0.05, 0) is 37.5 Å². The lowest BCUT2D eigenvalue weighted by Crippen LogP contribution is -2.51. The molecule has 0 aromatic heterocycles. The van der Waals surface area contributed by atoms with Crippen molar-refractivity contribution in [1.82, 2.24) is 5.32 Å². The number of nitrogens with one attached hydrogen (secondary N) is 1. The Kier molecular flexibility index (Phi) is 5.65. The number of halogens is 1. The van der Waals surface area contributed by atoms with Crippen LogP contribution in [0, 0.1) is 0 Å². The molecule has 1 heterocycles. The molecule has 1 aromatic carbocycles. The molecule has 0 atom stereocenters. The van der Waals surface area contributed by atoms with Crippen LogP contribution in [0.3, 0.4) is 0 Å². The Labute approximate surface area is 143 Å². The first-order valence-electron chi connectivity index (χ1n) is 8.07. The number of hydrogen-bond acceptors (Lipinski definition) is 3. The number of amides is 2. The van der Waals surface area contributed by atoms with Crippen molar-refractivity contribution in [3.05, 3.63) is 29.8 Å². The molecule has 2 fully saturated rings. The minimum atomic E-state index is -0.253. The molecule has 0 spiro atoms. The highest BCUT2D eigenvalue weighted by molar-refractivity contribution is 5.99. The van der Waals surface area contributed by atoms with E-state index >= 15 is 0 Å². The molecule has 2 aliphatic rings. The number of benzene rings is 1. The Morgan fingerprint density at radius 1 is 1.26 bits per heavy atom. The topological polar surface area (TPSA) is 75.4 Å². The molecule has 0 unspecified atom stereocenters. The van der Waals surface area contributed by atoms with Gasteiger partial charge in [0.15, 0.2) is 0 Å². The highest BCUT2D eigenvalue weighted by Crippen LogP contribution is 2.29. The SMILES string of the molecule is Cl.NCC1(NC(=O)c2cccc(N3CCCC3=O)c2)CCCC1. The standard InChI is InChI=1S/C17H23N3O2.ClH/c18-12-17(8-1-2-9-17)19-16(22)13-5-3-6-14(11-13)20-10-4-7-15(20)21;/h3,5-6,11H,1-2,4,7-10,12,18H2,(H,19,22);1H. The van der Waals surface area contributed by atoms with Crippen LogP contribution in [0.15, 0.2) is 24.3 Å². The van der Waals surface area contributed by atoms with Crippen molar-refractivity contribution in [3.8, 4) is 0 Å². The lowest BCUT2D eigenvalue weighted by molar-refractivity contribution is -0.117. The zero-order valence-electron chi connectivity index (χ0n) is 13.2. The maximum absolute atomic E-state index is 12.5. The lowest BCUT2D eigenvalue weighted by atomic mass is 9.97. The van der Waals surface area contributed by atoms with E-state index in [4.69, 9.17) is 5.73 Å². The fourth-order valence-corrected chi connectivity index (χ4v) is 3.48. The van der Waals surface area contributed by atoms with E-state index < -0.39 is 0 Å². The van der Waals surface area contributed by atoms with E-state index in [2.05, 4.69) is 5.32 Å². The minimum absolute atomic E-state index is 0. The molecule has 3 rings (SSSR count). The first kappa shape index (κ1) is 17.8. The quantitative estimate of drug-likeness (QED) is 0.884. The summed E-state index contributed by atoms with van der Waals surface area (Å²) in [4.78, 5) is 26.1. The Balaban J connectivity index is 0.00000192. The van der Waals surface area contributed by atoms with Gasteiger partial charge < -0.3 is 16.0 Å². The molecule has 23 heavy (non-hydrogen) atoms. The van der Waals surface area contributed by atoms with Crippen molar-refractivity contribution in [3.63, 3.8) is 0 Å². The second-order valence-corrected chi connectivity index (χ2v) is 6.34. The van der Waals surface area contributed by atoms with Crippen molar-refractivity contribution in [2.24, 2.45) is 5.73 Å². The van der Waals surface area contributed by atoms with Crippen LogP contribution in [0.25, 0.3) is 0 Å². The summed E-state index contributed by atoms with van der Waals surface area (Å²) < 4.78 is 0. The van der Waals surface area contributed by atoms with Gasteiger partial charge in [-0.3, -0.25) is 9.59 Å². The predicted molar refractivity (Wildman–Crippen MR) is 93.0 cm³/mol. The number of anilines is 1. The molecule has 1 aliphatic carbocycles. The summed E-state index contributed by atoms with van der Waals surface area (Å²) in [5.41, 5.74) is 7.02. The molecule has 2 amide bonds. The largest absolute Gasteiger partial charge is 0.345 e. The third-order valence-corrected chi connectivity index (χ3v) is 4.82. The molecule has 1 saturated heterocycles. The molecule has 0 radical (unpaired) electrons. The van der Waals surface area contributed by atoms with E-state index in [-0.39, 0.29) is 29.8 Å². The first-order valence-corrected chi connectivity index (χ1v) is 8.07. The Bertz CT molecular complexity index is 585. The Hall–Kier alpha value is -1.59. The first-order chi connectivity index (χ1) is 10.6. The fraction of sp³-hybridized carbons (Fsp3) is 0.529. The van der Waals surface area contributed by atoms with Crippen LogP contribution < -0.4 is 16.0 Å². The summed E-state index contributed by atoms with van der Waals surface area (Å²) in [7, 11) is 0. The molecule has 0 bridgehead atoms. The highest BCUT2D eigenvalue weighted by Gasteiger charge is 2.34. The summed E-state index contributed by atoms with van der Waals surface area (Å²) in [6.45, 7) is 1.21. The third kappa shape index (κ3) is 3.67. The van der Waals surface area contributed by atoms with Gasteiger partial charge in [-0.1, -0.05) is 18.9 Å². The van der Waals surface area contributed by atoms with Crippen molar-refractivity contribution < 1.29 is 9.59 Å². The van der Waals surface area contributed by atoms with Gasteiger partial charge in [-0.15, -0.1) is 12.4 Å². The van der Waals surface area contributed by atoms with Gasteiger partial charge in [0.2, 0.25) is 5.91 Å². The second-order valence-electron chi connectivity index (χ2n) is 6.34. The Morgan fingerprint density at radius 2 is 2.00 bits per heavy atom. The zero-order valence-corrected chi connectivity index (χ0v) is 14.0. The number of carbonyl (C=O) groups is 2. The summed E-state index contributed by atoms with van der Waals surface area (Å²) in [5, 5.41) is 3.12. The fourth-order valence-electron chi connectivity index (χ4n) is 3.48. The van der Waals surface area contributed by atoms with Crippen LogP contribution in [-0.4, -0.2) is 30.4 Å². The van der Waals surface area contributed by atoms with E-state index in [0.29, 0.717) is 18.5 Å². The molecular weight excluding hydrogens is 314 g/mol. The maximum atomic E-state index is 12.5. The summed E-state index contributed by atoms with van der Waals surface area (Å²) >= 11 is 0. The zero-order chi connectivity index (χ0) is 15.6. The van der Waals surface area contributed by atoms with Crippen molar-refractivity contribution >= 4 is 29.9 Å². The van der Waals surface area contributed by atoms with Gasteiger partial charge in [0.05, 0.1) is 5.54 Å². The van der Waals surface area contributed by atoms with Gasteiger partial charge in [0, 0.05) is 30.8 Å². The smallest absolute Gasteiger partial charge is 0.251 e. The maximum Gasteiger partial charge on any atom is 0.251 e. The number of carbonyl (C=O) groups excluding carboxylic acids is 2. The third-order valence-electron chi connectivity index (χ3n) is 4.82. The normalized spacial score (nSPS) is 19.5. The van der Waals surface area contributed by atoms with Crippen LogP contribution in [0.1, 0.15) is 48.9 Å². The van der Waals surface area contributed by atoms with E-state index in [0.717, 1.165) is 44.3 Å². The number of nitrogens with zero attached hydrogens (tertiary/aromatic N) is 1. The van der Waals surface area contributed by atoms with E-state index in [9.17, 15) is 9.59 Å².